The summed E-state index contributed by atoms with van der Waals surface area (Å²) in [6.45, 7) is 0.435. The van der Waals surface area contributed by atoms with Crippen LogP contribution in [-0.4, -0.2) is 43.5 Å². The van der Waals surface area contributed by atoms with Gasteiger partial charge in [0.1, 0.15) is 11.9 Å². The number of carbonyl (C=O) groups is 3. The van der Waals surface area contributed by atoms with Crippen molar-refractivity contribution in [3.8, 4) is 0 Å². The van der Waals surface area contributed by atoms with Gasteiger partial charge in [-0.05, 0) is 42.7 Å². The van der Waals surface area contributed by atoms with Crippen LogP contribution in [0, 0.1) is 5.82 Å². The van der Waals surface area contributed by atoms with Crippen molar-refractivity contribution in [1.82, 2.24) is 10.6 Å². The number of carbonyl (C=O) groups excluding carboxylic acids is 3. The summed E-state index contributed by atoms with van der Waals surface area (Å²) in [5.41, 5.74) is 0.414. The molecular formula is C26H26FN3O5. The number of ether oxygens (including phenoxy) is 1. The topological polar surface area (TPSA) is 101 Å². The van der Waals surface area contributed by atoms with Gasteiger partial charge in [0, 0.05) is 13.2 Å². The first kappa shape index (κ1) is 24.2. The molecule has 3 amide bonds. The maximum absolute atomic E-state index is 14.9. The molecule has 2 N–H and O–H groups in total. The molecule has 1 aliphatic heterocycles. The molecule has 1 aromatic heterocycles. The molecule has 182 valence electrons. The van der Waals surface area contributed by atoms with Crippen LogP contribution in [0.2, 0.25) is 0 Å². The van der Waals surface area contributed by atoms with E-state index in [9.17, 15) is 18.8 Å². The van der Waals surface area contributed by atoms with E-state index in [1.165, 1.54) is 30.5 Å². The van der Waals surface area contributed by atoms with Crippen LogP contribution in [-0.2, 0) is 14.3 Å². The van der Waals surface area contributed by atoms with Crippen molar-refractivity contribution in [3.05, 3.63) is 90.1 Å². The van der Waals surface area contributed by atoms with Crippen LogP contribution < -0.4 is 15.5 Å². The van der Waals surface area contributed by atoms with E-state index < -0.39 is 36.1 Å². The van der Waals surface area contributed by atoms with Crippen LogP contribution >= 0.6 is 0 Å². The van der Waals surface area contributed by atoms with Gasteiger partial charge in [0.15, 0.2) is 5.76 Å². The van der Waals surface area contributed by atoms with E-state index in [1.807, 2.05) is 0 Å². The molecule has 0 saturated carbocycles. The number of nitrogens with one attached hydrogen (secondary N) is 2. The third-order valence-electron chi connectivity index (χ3n) is 5.68. The maximum atomic E-state index is 14.9. The third-order valence-corrected chi connectivity index (χ3v) is 5.68. The van der Waals surface area contributed by atoms with Crippen molar-refractivity contribution in [2.45, 2.75) is 25.0 Å². The number of hydrogen-bond donors (Lipinski definition) is 2. The van der Waals surface area contributed by atoms with E-state index in [0.717, 1.165) is 17.7 Å². The summed E-state index contributed by atoms with van der Waals surface area (Å²) in [5.74, 6) is -2.40. The molecule has 0 spiro atoms. The Bertz CT molecular complexity index is 1150. The summed E-state index contributed by atoms with van der Waals surface area (Å²) < 4.78 is 25.6. The molecule has 0 unspecified atom stereocenters. The van der Waals surface area contributed by atoms with Crippen molar-refractivity contribution in [2.24, 2.45) is 0 Å². The van der Waals surface area contributed by atoms with E-state index in [2.05, 4.69) is 10.6 Å². The molecule has 1 saturated heterocycles. The molecular weight excluding hydrogens is 453 g/mol. The Labute approximate surface area is 202 Å². The van der Waals surface area contributed by atoms with Crippen LogP contribution in [0.5, 0.6) is 0 Å². The number of halogens is 1. The number of para-hydroxylation sites is 1. The molecule has 4 rings (SSSR count). The molecule has 0 radical (unpaired) electrons. The second kappa shape index (κ2) is 11.4. The van der Waals surface area contributed by atoms with Gasteiger partial charge in [-0.1, -0.05) is 42.5 Å². The Morgan fingerprint density at radius 3 is 2.46 bits per heavy atom. The van der Waals surface area contributed by atoms with Gasteiger partial charge in [-0.25, -0.2) is 4.39 Å². The Balaban J connectivity index is 1.64. The second-order valence-electron chi connectivity index (χ2n) is 8.07. The molecule has 0 aliphatic carbocycles. The average molecular weight is 480 g/mol. The Kier molecular flexibility index (Phi) is 7.89. The predicted octanol–water partition coefficient (Wildman–Crippen LogP) is 3.22. The lowest BCUT2D eigenvalue weighted by Gasteiger charge is -2.32. The lowest BCUT2D eigenvalue weighted by molar-refractivity contribution is -0.126. The second-order valence-corrected chi connectivity index (χ2v) is 8.07. The fraction of sp³-hybridized carbons (Fsp3) is 0.269. The van der Waals surface area contributed by atoms with E-state index in [0.29, 0.717) is 12.2 Å². The van der Waals surface area contributed by atoms with Gasteiger partial charge >= 0.3 is 0 Å². The SMILES string of the molecule is O=C(NCC(=O)N(c1ccccc1F)[C@H](C(=O)NC[C@H]1CCCO1)c1ccccc1)c1ccco1. The van der Waals surface area contributed by atoms with Crippen molar-refractivity contribution in [3.63, 3.8) is 0 Å². The number of anilines is 1. The maximum Gasteiger partial charge on any atom is 0.287 e. The highest BCUT2D eigenvalue weighted by atomic mass is 19.1. The number of rotatable bonds is 9. The lowest BCUT2D eigenvalue weighted by Crippen LogP contribution is -2.48. The van der Waals surface area contributed by atoms with Gasteiger partial charge < -0.3 is 19.8 Å². The van der Waals surface area contributed by atoms with E-state index in [4.69, 9.17) is 9.15 Å². The molecule has 2 heterocycles. The number of amides is 3. The zero-order chi connectivity index (χ0) is 24.6. The summed E-state index contributed by atoms with van der Waals surface area (Å²) >= 11 is 0. The monoisotopic (exact) mass is 479 g/mol. The third kappa shape index (κ3) is 5.93. The number of nitrogens with zero attached hydrogens (tertiary/aromatic N) is 1. The summed E-state index contributed by atoms with van der Waals surface area (Å²) in [6.07, 6.45) is 2.97. The van der Waals surface area contributed by atoms with Crippen LogP contribution in [0.15, 0.2) is 77.4 Å². The van der Waals surface area contributed by atoms with Gasteiger partial charge in [-0.15, -0.1) is 0 Å². The first-order chi connectivity index (χ1) is 17.0. The summed E-state index contributed by atoms with van der Waals surface area (Å²) in [5, 5.41) is 5.33. The van der Waals surface area contributed by atoms with Crippen LogP contribution in [0.4, 0.5) is 10.1 Å². The Morgan fingerprint density at radius 2 is 1.77 bits per heavy atom. The van der Waals surface area contributed by atoms with Gasteiger partial charge in [0.05, 0.1) is 24.6 Å². The highest BCUT2D eigenvalue weighted by Crippen LogP contribution is 2.30. The number of benzene rings is 2. The Morgan fingerprint density at radius 1 is 1.00 bits per heavy atom. The van der Waals surface area contributed by atoms with Crippen molar-refractivity contribution >= 4 is 23.4 Å². The molecule has 35 heavy (non-hydrogen) atoms. The number of furan rings is 1. The normalized spacial score (nSPS) is 15.9. The minimum absolute atomic E-state index is 0.0316. The predicted molar refractivity (Wildman–Crippen MR) is 126 cm³/mol. The van der Waals surface area contributed by atoms with E-state index in [-0.39, 0.29) is 24.1 Å². The summed E-state index contributed by atoms with van der Waals surface area (Å²) in [4.78, 5) is 40.3. The molecule has 2 atom stereocenters. The van der Waals surface area contributed by atoms with Gasteiger partial charge in [0.25, 0.3) is 5.91 Å². The van der Waals surface area contributed by atoms with Gasteiger partial charge in [-0.2, -0.15) is 0 Å². The zero-order valence-corrected chi connectivity index (χ0v) is 19.0. The zero-order valence-electron chi connectivity index (χ0n) is 19.0. The van der Waals surface area contributed by atoms with Crippen molar-refractivity contribution in [2.75, 3.05) is 24.6 Å². The van der Waals surface area contributed by atoms with E-state index in [1.54, 1.807) is 42.5 Å². The van der Waals surface area contributed by atoms with Crippen molar-refractivity contribution < 1.29 is 27.9 Å². The van der Waals surface area contributed by atoms with E-state index >= 15 is 0 Å². The number of hydrogen-bond acceptors (Lipinski definition) is 5. The molecule has 1 fully saturated rings. The quantitative estimate of drug-likeness (QED) is 0.491. The molecule has 0 bridgehead atoms. The smallest absolute Gasteiger partial charge is 0.287 e. The van der Waals surface area contributed by atoms with Crippen LogP contribution in [0.3, 0.4) is 0 Å². The minimum atomic E-state index is -1.18. The molecule has 3 aromatic rings. The molecule has 8 nitrogen and oxygen atoms in total. The highest BCUT2D eigenvalue weighted by Gasteiger charge is 2.34. The standard InChI is InChI=1S/C26H26FN3O5/c27-20-11-4-5-12-21(20)30(23(31)17-29-25(32)22-13-7-15-35-22)24(18-8-2-1-3-9-18)26(33)28-16-19-10-6-14-34-19/h1-5,7-9,11-13,15,19,24H,6,10,14,16-17H2,(H,28,33)(H,29,32)/t19-,24+/m1/s1. The molecule has 2 aromatic carbocycles. The summed E-state index contributed by atoms with van der Waals surface area (Å²) in [6, 6.07) is 16.2. The fourth-order valence-electron chi connectivity index (χ4n) is 3.97. The first-order valence-corrected chi connectivity index (χ1v) is 11.4. The van der Waals surface area contributed by atoms with Crippen LogP contribution in [0.1, 0.15) is 35.0 Å². The summed E-state index contributed by atoms with van der Waals surface area (Å²) in [7, 11) is 0. The average Bonchev–Trinajstić information content (AvgIpc) is 3.60. The Hall–Kier alpha value is -3.98. The van der Waals surface area contributed by atoms with Crippen molar-refractivity contribution in [1.29, 1.82) is 0 Å². The fourth-order valence-corrected chi connectivity index (χ4v) is 3.97. The van der Waals surface area contributed by atoms with Crippen LogP contribution in [0.25, 0.3) is 0 Å². The lowest BCUT2D eigenvalue weighted by atomic mass is 10.0. The highest BCUT2D eigenvalue weighted by molar-refractivity contribution is 6.04. The molecule has 9 heteroatoms. The molecule has 1 aliphatic rings. The van der Waals surface area contributed by atoms with Gasteiger partial charge in [0.2, 0.25) is 11.8 Å². The van der Waals surface area contributed by atoms with Gasteiger partial charge in [-0.3, -0.25) is 19.3 Å². The first-order valence-electron chi connectivity index (χ1n) is 11.4. The largest absolute Gasteiger partial charge is 0.459 e. The minimum Gasteiger partial charge on any atom is -0.459 e.